The SMILES string of the molecule is C=C/C(OCCC)=C(\SC)C(=O)O. The summed E-state index contributed by atoms with van der Waals surface area (Å²) in [7, 11) is 0. The van der Waals surface area contributed by atoms with Crippen LogP contribution in [0, 0.1) is 0 Å². The molecule has 0 aliphatic heterocycles. The van der Waals surface area contributed by atoms with Gasteiger partial charge in [-0.1, -0.05) is 13.5 Å². The maximum Gasteiger partial charge on any atom is 0.345 e. The number of hydrogen-bond donors (Lipinski definition) is 1. The molecule has 1 N–H and O–H groups in total. The summed E-state index contributed by atoms with van der Waals surface area (Å²) in [6.45, 7) is 5.98. The summed E-state index contributed by atoms with van der Waals surface area (Å²) >= 11 is 1.14. The van der Waals surface area contributed by atoms with Crippen molar-refractivity contribution < 1.29 is 14.6 Å². The Labute approximate surface area is 82.5 Å². The largest absolute Gasteiger partial charge is 0.492 e. The summed E-state index contributed by atoms with van der Waals surface area (Å²) < 4.78 is 5.21. The third-order valence-electron chi connectivity index (χ3n) is 1.27. The number of carbonyl (C=O) groups is 1. The molecular formula is C9H14O3S. The second-order valence-corrected chi connectivity index (χ2v) is 3.07. The van der Waals surface area contributed by atoms with Crippen LogP contribution in [0.5, 0.6) is 0 Å². The van der Waals surface area contributed by atoms with Gasteiger partial charge in [-0.3, -0.25) is 0 Å². The lowest BCUT2D eigenvalue weighted by atomic mass is 10.4. The van der Waals surface area contributed by atoms with E-state index < -0.39 is 5.97 Å². The Kier molecular flexibility index (Phi) is 6.14. The molecule has 0 aromatic heterocycles. The molecule has 0 aromatic carbocycles. The minimum atomic E-state index is -0.974. The first-order valence-corrected chi connectivity index (χ1v) is 5.16. The summed E-state index contributed by atoms with van der Waals surface area (Å²) in [5, 5.41) is 8.77. The zero-order valence-corrected chi connectivity index (χ0v) is 8.69. The minimum Gasteiger partial charge on any atom is -0.492 e. The fourth-order valence-electron chi connectivity index (χ4n) is 0.722. The van der Waals surface area contributed by atoms with Gasteiger partial charge in [-0.2, -0.15) is 0 Å². The fourth-order valence-corrected chi connectivity index (χ4v) is 1.24. The van der Waals surface area contributed by atoms with E-state index in [2.05, 4.69) is 6.58 Å². The Morgan fingerprint density at radius 2 is 2.31 bits per heavy atom. The molecule has 4 heteroatoms. The number of aliphatic carboxylic acids is 1. The standard InChI is InChI=1S/C9H14O3S/c1-4-6-12-7(5-2)8(13-3)9(10)11/h5H,2,4,6H2,1,3H3,(H,10,11)/b8-7+. The van der Waals surface area contributed by atoms with E-state index >= 15 is 0 Å². The molecule has 0 rings (SSSR count). The molecule has 0 aliphatic rings. The normalized spacial score (nSPS) is 11.8. The highest BCUT2D eigenvalue weighted by atomic mass is 32.2. The monoisotopic (exact) mass is 202 g/mol. The molecule has 0 spiro atoms. The highest BCUT2D eigenvalue weighted by Crippen LogP contribution is 2.18. The number of allylic oxidation sites excluding steroid dienone is 1. The molecule has 0 amide bonds. The molecular weight excluding hydrogens is 188 g/mol. The van der Waals surface area contributed by atoms with Gasteiger partial charge in [-0.15, -0.1) is 11.8 Å². The van der Waals surface area contributed by atoms with E-state index in [0.29, 0.717) is 12.4 Å². The van der Waals surface area contributed by atoms with Gasteiger partial charge in [0.25, 0.3) is 0 Å². The van der Waals surface area contributed by atoms with Crippen LogP contribution in [0.15, 0.2) is 23.3 Å². The second-order valence-electron chi connectivity index (χ2n) is 2.26. The van der Waals surface area contributed by atoms with Crippen molar-refractivity contribution in [1.82, 2.24) is 0 Å². The van der Waals surface area contributed by atoms with E-state index in [0.717, 1.165) is 18.2 Å². The summed E-state index contributed by atoms with van der Waals surface area (Å²) in [4.78, 5) is 10.9. The van der Waals surface area contributed by atoms with Crippen LogP contribution in [0.4, 0.5) is 0 Å². The molecule has 0 unspecified atom stereocenters. The highest BCUT2D eigenvalue weighted by molar-refractivity contribution is 8.03. The third-order valence-corrected chi connectivity index (χ3v) is 2.05. The van der Waals surface area contributed by atoms with Crippen molar-refractivity contribution in [3.8, 4) is 0 Å². The van der Waals surface area contributed by atoms with Crippen LogP contribution in [0.2, 0.25) is 0 Å². The number of thioether (sulfide) groups is 1. The number of ether oxygens (including phenoxy) is 1. The summed E-state index contributed by atoms with van der Waals surface area (Å²) in [5.74, 6) is -0.625. The maximum atomic E-state index is 10.7. The van der Waals surface area contributed by atoms with Gasteiger partial charge < -0.3 is 9.84 Å². The van der Waals surface area contributed by atoms with Crippen LogP contribution in [-0.4, -0.2) is 23.9 Å². The number of carboxylic acid groups (broad SMARTS) is 1. The van der Waals surface area contributed by atoms with Gasteiger partial charge in [0.1, 0.15) is 10.7 Å². The van der Waals surface area contributed by atoms with Gasteiger partial charge in [0.15, 0.2) is 0 Å². The van der Waals surface area contributed by atoms with Crippen LogP contribution in [0.1, 0.15) is 13.3 Å². The Bertz CT molecular complexity index is 221. The molecule has 0 fully saturated rings. The number of carboxylic acids is 1. The molecule has 74 valence electrons. The maximum absolute atomic E-state index is 10.7. The van der Waals surface area contributed by atoms with E-state index in [1.807, 2.05) is 6.92 Å². The van der Waals surface area contributed by atoms with E-state index in [-0.39, 0.29) is 4.91 Å². The van der Waals surface area contributed by atoms with Gasteiger partial charge in [0, 0.05) is 0 Å². The smallest absolute Gasteiger partial charge is 0.345 e. The average molecular weight is 202 g/mol. The quantitative estimate of drug-likeness (QED) is 0.407. The zero-order valence-electron chi connectivity index (χ0n) is 7.87. The Balaban J connectivity index is 4.61. The molecule has 0 heterocycles. The van der Waals surface area contributed by atoms with Crippen molar-refractivity contribution in [3.63, 3.8) is 0 Å². The van der Waals surface area contributed by atoms with E-state index in [4.69, 9.17) is 9.84 Å². The van der Waals surface area contributed by atoms with Gasteiger partial charge >= 0.3 is 5.97 Å². The molecule has 0 saturated carbocycles. The van der Waals surface area contributed by atoms with E-state index in [1.165, 1.54) is 6.08 Å². The highest BCUT2D eigenvalue weighted by Gasteiger charge is 2.11. The first-order valence-electron chi connectivity index (χ1n) is 3.94. The van der Waals surface area contributed by atoms with Crippen LogP contribution in [0.3, 0.4) is 0 Å². The van der Waals surface area contributed by atoms with Gasteiger partial charge in [0.2, 0.25) is 0 Å². The zero-order chi connectivity index (χ0) is 10.3. The van der Waals surface area contributed by atoms with Crippen LogP contribution in [-0.2, 0) is 9.53 Å². The molecule has 0 atom stereocenters. The Hall–Kier alpha value is -0.900. The van der Waals surface area contributed by atoms with Crippen molar-refractivity contribution in [2.24, 2.45) is 0 Å². The predicted octanol–water partition coefficient (Wildman–Crippen LogP) is 2.26. The van der Waals surface area contributed by atoms with Crippen molar-refractivity contribution in [2.45, 2.75) is 13.3 Å². The van der Waals surface area contributed by atoms with Gasteiger partial charge in [0.05, 0.1) is 6.61 Å². The van der Waals surface area contributed by atoms with Crippen LogP contribution < -0.4 is 0 Å². The molecule has 0 bridgehead atoms. The molecule has 0 aromatic rings. The molecule has 0 aliphatic carbocycles. The van der Waals surface area contributed by atoms with Crippen molar-refractivity contribution in [3.05, 3.63) is 23.3 Å². The summed E-state index contributed by atoms with van der Waals surface area (Å²) in [5.41, 5.74) is 0. The van der Waals surface area contributed by atoms with Crippen molar-refractivity contribution >= 4 is 17.7 Å². The lowest BCUT2D eigenvalue weighted by molar-refractivity contribution is -0.132. The Morgan fingerprint density at radius 1 is 1.69 bits per heavy atom. The number of hydrogen-bond acceptors (Lipinski definition) is 3. The predicted molar refractivity (Wildman–Crippen MR) is 54.6 cm³/mol. The minimum absolute atomic E-state index is 0.198. The first kappa shape index (κ1) is 12.1. The molecule has 0 saturated heterocycles. The van der Waals surface area contributed by atoms with Gasteiger partial charge in [-0.25, -0.2) is 4.79 Å². The Morgan fingerprint density at radius 3 is 2.62 bits per heavy atom. The lowest BCUT2D eigenvalue weighted by Crippen LogP contribution is -2.03. The van der Waals surface area contributed by atoms with E-state index in [1.54, 1.807) is 6.26 Å². The van der Waals surface area contributed by atoms with Crippen LogP contribution in [0.25, 0.3) is 0 Å². The number of rotatable bonds is 6. The van der Waals surface area contributed by atoms with E-state index in [9.17, 15) is 4.79 Å². The van der Waals surface area contributed by atoms with Gasteiger partial charge in [-0.05, 0) is 18.8 Å². The lowest BCUT2D eigenvalue weighted by Gasteiger charge is -2.07. The first-order chi connectivity index (χ1) is 6.17. The van der Waals surface area contributed by atoms with Crippen LogP contribution >= 0.6 is 11.8 Å². The third kappa shape index (κ3) is 4.03. The van der Waals surface area contributed by atoms with Crippen molar-refractivity contribution in [1.29, 1.82) is 0 Å². The average Bonchev–Trinajstić information content (AvgIpc) is 2.11. The molecule has 0 radical (unpaired) electrons. The summed E-state index contributed by atoms with van der Waals surface area (Å²) in [6, 6.07) is 0. The molecule has 3 nitrogen and oxygen atoms in total. The topological polar surface area (TPSA) is 46.5 Å². The second kappa shape index (κ2) is 6.60. The fraction of sp³-hybridized carbons (Fsp3) is 0.444. The van der Waals surface area contributed by atoms with Crippen molar-refractivity contribution in [2.75, 3.05) is 12.9 Å². The molecule has 13 heavy (non-hydrogen) atoms. The summed E-state index contributed by atoms with van der Waals surface area (Å²) in [6.07, 6.45) is 3.97.